The third-order valence-corrected chi connectivity index (χ3v) is 2.30. The monoisotopic (exact) mass is 232 g/mol. The van der Waals surface area contributed by atoms with Gasteiger partial charge in [-0.05, 0) is 24.6 Å². The number of anilines is 2. The summed E-state index contributed by atoms with van der Waals surface area (Å²) in [6.07, 6.45) is -3.56. The Balaban J connectivity index is 3.18. The fourth-order valence-electron chi connectivity index (χ4n) is 1.56. The van der Waals surface area contributed by atoms with Gasteiger partial charge >= 0.3 is 6.18 Å². The predicted molar refractivity (Wildman–Crippen MR) is 59.4 cm³/mol. The third-order valence-electron chi connectivity index (χ3n) is 2.30. The fraction of sp³-hybridized carbons (Fsp3) is 0.455. The molecule has 0 amide bonds. The molecule has 1 aromatic carbocycles. The van der Waals surface area contributed by atoms with Gasteiger partial charge in [0.25, 0.3) is 0 Å². The van der Waals surface area contributed by atoms with Crippen molar-refractivity contribution < 1.29 is 13.2 Å². The van der Waals surface area contributed by atoms with Crippen molar-refractivity contribution >= 4 is 11.4 Å². The van der Waals surface area contributed by atoms with Gasteiger partial charge in [-0.1, -0.05) is 6.92 Å². The molecule has 0 aromatic heterocycles. The summed E-state index contributed by atoms with van der Waals surface area (Å²) in [7, 11) is 1.63. The van der Waals surface area contributed by atoms with E-state index in [0.29, 0.717) is 12.2 Å². The highest BCUT2D eigenvalue weighted by Gasteiger charge is 2.34. The van der Waals surface area contributed by atoms with Crippen LogP contribution in [-0.4, -0.2) is 13.6 Å². The number of hydrogen-bond donors (Lipinski definition) is 1. The molecule has 0 radical (unpaired) electrons. The summed E-state index contributed by atoms with van der Waals surface area (Å²) in [5.41, 5.74) is 5.34. The normalized spacial score (nSPS) is 11.6. The first-order valence-corrected chi connectivity index (χ1v) is 5.04. The summed E-state index contributed by atoms with van der Waals surface area (Å²) in [5, 5.41) is 0. The van der Waals surface area contributed by atoms with Gasteiger partial charge in [0.2, 0.25) is 0 Å². The molecule has 90 valence electrons. The van der Waals surface area contributed by atoms with Crippen molar-refractivity contribution in [1.29, 1.82) is 0 Å². The maximum Gasteiger partial charge on any atom is 0.418 e. The van der Waals surface area contributed by atoms with Gasteiger partial charge in [0.1, 0.15) is 0 Å². The van der Waals surface area contributed by atoms with Gasteiger partial charge in [-0.25, -0.2) is 0 Å². The topological polar surface area (TPSA) is 29.3 Å². The Morgan fingerprint density at radius 2 is 1.94 bits per heavy atom. The Labute approximate surface area is 92.9 Å². The quantitative estimate of drug-likeness (QED) is 0.811. The smallest absolute Gasteiger partial charge is 0.399 e. The first kappa shape index (κ1) is 12.7. The lowest BCUT2D eigenvalue weighted by Crippen LogP contribution is -2.22. The number of alkyl halides is 3. The zero-order chi connectivity index (χ0) is 12.3. The van der Waals surface area contributed by atoms with Gasteiger partial charge in [-0.15, -0.1) is 0 Å². The Bertz CT molecular complexity index is 361. The lowest BCUT2D eigenvalue weighted by Gasteiger charge is -2.23. The number of benzene rings is 1. The lowest BCUT2D eigenvalue weighted by molar-refractivity contribution is -0.137. The largest absolute Gasteiger partial charge is 0.418 e. The van der Waals surface area contributed by atoms with Crippen molar-refractivity contribution in [3.05, 3.63) is 23.8 Å². The van der Waals surface area contributed by atoms with E-state index in [1.54, 1.807) is 11.9 Å². The number of nitrogens with two attached hydrogens (primary N) is 1. The second-order valence-electron chi connectivity index (χ2n) is 3.70. The molecular formula is C11H15F3N2. The third kappa shape index (κ3) is 2.81. The first-order chi connectivity index (χ1) is 7.36. The van der Waals surface area contributed by atoms with Crippen LogP contribution in [0.15, 0.2) is 18.2 Å². The Hall–Kier alpha value is -1.39. The van der Waals surface area contributed by atoms with E-state index in [9.17, 15) is 13.2 Å². The number of rotatable bonds is 3. The zero-order valence-electron chi connectivity index (χ0n) is 9.30. The van der Waals surface area contributed by atoms with E-state index in [4.69, 9.17) is 5.73 Å². The number of hydrogen-bond acceptors (Lipinski definition) is 2. The standard InChI is InChI=1S/C11H15F3N2/c1-3-6-16(2)10-7-8(15)4-5-9(10)11(12,13)14/h4-5,7H,3,6,15H2,1-2H3. The van der Waals surface area contributed by atoms with Crippen molar-refractivity contribution in [1.82, 2.24) is 0 Å². The average molecular weight is 232 g/mol. The Morgan fingerprint density at radius 1 is 1.31 bits per heavy atom. The second-order valence-corrected chi connectivity index (χ2v) is 3.70. The molecule has 0 aliphatic rings. The number of nitrogen functional groups attached to an aromatic ring is 1. The summed E-state index contributed by atoms with van der Waals surface area (Å²) >= 11 is 0. The molecule has 0 bridgehead atoms. The van der Waals surface area contributed by atoms with Gasteiger partial charge in [0, 0.05) is 19.3 Å². The minimum Gasteiger partial charge on any atom is -0.399 e. The summed E-state index contributed by atoms with van der Waals surface area (Å²) in [5.74, 6) is 0. The highest BCUT2D eigenvalue weighted by Crippen LogP contribution is 2.37. The van der Waals surface area contributed by atoms with Crippen LogP contribution in [0.3, 0.4) is 0 Å². The van der Waals surface area contributed by atoms with Crippen molar-refractivity contribution in [2.45, 2.75) is 19.5 Å². The molecule has 5 heteroatoms. The van der Waals surface area contributed by atoms with Crippen LogP contribution in [0.2, 0.25) is 0 Å². The van der Waals surface area contributed by atoms with Crippen LogP contribution < -0.4 is 10.6 Å². The molecule has 2 nitrogen and oxygen atoms in total. The molecule has 0 aliphatic heterocycles. The molecule has 0 unspecified atom stereocenters. The summed E-state index contributed by atoms with van der Waals surface area (Å²) in [4.78, 5) is 1.57. The Kier molecular flexibility index (Phi) is 3.67. The summed E-state index contributed by atoms with van der Waals surface area (Å²) in [6.45, 7) is 2.47. The van der Waals surface area contributed by atoms with E-state index >= 15 is 0 Å². The average Bonchev–Trinajstić information content (AvgIpc) is 2.16. The molecule has 0 saturated carbocycles. The predicted octanol–water partition coefficient (Wildman–Crippen LogP) is 3.13. The van der Waals surface area contributed by atoms with Gasteiger partial charge in [0.15, 0.2) is 0 Å². The lowest BCUT2D eigenvalue weighted by atomic mass is 10.1. The maximum absolute atomic E-state index is 12.7. The van der Waals surface area contributed by atoms with E-state index in [1.807, 2.05) is 6.92 Å². The molecule has 0 atom stereocenters. The maximum atomic E-state index is 12.7. The van der Waals surface area contributed by atoms with Crippen LogP contribution in [-0.2, 0) is 6.18 Å². The van der Waals surface area contributed by atoms with Crippen LogP contribution in [0.25, 0.3) is 0 Å². The minimum atomic E-state index is -4.34. The molecule has 0 spiro atoms. The van der Waals surface area contributed by atoms with Crippen LogP contribution >= 0.6 is 0 Å². The van der Waals surface area contributed by atoms with Gasteiger partial charge in [-0.2, -0.15) is 13.2 Å². The van der Waals surface area contributed by atoms with Crippen LogP contribution in [0.4, 0.5) is 24.5 Å². The van der Waals surface area contributed by atoms with Crippen molar-refractivity contribution in [2.24, 2.45) is 0 Å². The molecule has 0 heterocycles. The highest BCUT2D eigenvalue weighted by molar-refractivity contribution is 5.61. The van der Waals surface area contributed by atoms with Crippen LogP contribution in [0.5, 0.6) is 0 Å². The molecule has 16 heavy (non-hydrogen) atoms. The molecule has 0 fully saturated rings. The number of nitrogens with zero attached hydrogens (tertiary/aromatic N) is 1. The van der Waals surface area contributed by atoms with Gasteiger partial charge in [0.05, 0.1) is 11.3 Å². The molecule has 0 saturated heterocycles. The minimum absolute atomic E-state index is 0.134. The molecule has 0 aliphatic carbocycles. The van der Waals surface area contributed by atoms with Crippen molar-refractivity contribution in [3.8, 4) is 0 Å². The fourth-order valence-corrected chi connectivity index (χ4v) is 1.56. The van der Waals surface area contributed by atoms with Crippen molar-refractivity contribution in [2.75, 3.05) is 24.2 Å². The highest BCUT2D eigenvalue weighted by atomic mass is 19.4. The first-order valence-electron chi connectivity index (χ1n) is 5.04. The van der Waals surface area contributed by atoms with Gasteiger partial charge in [-0.3, -0.25) is 0 Å². The second kappa shape index (κ2) is 4.63. The number of halogens is 3. The van der Waals surface area contributed by atoms with Crippen LogP contribution in [0.1, 0.15) is 18.9 Å². The summed E-state index contributed by atoms with van der Waals surface area (Å²) in [6, 6.07) is 3.65. The summed E-state index contributed by atoms with van der Waals surface area (Å²) < 4.78 is 38.1. The van der Waals surface area contributed by atoms with E-state index in [2.05, 4.69) is 0 Å². The molecule has 1 rings (SSSR count). The SMILES string of the molecule is CCCN(C)c1cc(N)ccc1C(F)(F)F. The van der Waals surface area contributed by atoms with E-state index in [-0.39, 0.29) is 5.69 Å². The molecular weight excluding hydrogens is 217 g/mol. The van der Waals surface area contributed by atoms with Gasteiger partial charge < -0.3 is 10.6 Å². The van der Waals surface area contributed by atoms with Crippen LogP contribution in [0, 0.1) is 0 Å². The molecule has 1 aromatic rings. The van der Waals surface area contributed by atoms with Crippen molar-refractivity contribution in [3.63, 3.8) is 0 Å². The zero-order valence-corrected chi connectivity index (χ0v) is 9.30. The Morgan fingerprint density at radius 3 is 2.44 bits per heavy atom. The van der Waals surface area contributed by atoms with E-state index in [0.717, 1.165) is 12.5 Å². The molecule has 2 N–H and O–H groups in total. The van der Waals surface area contributed by atoms with E-state index < -0.39 is 11.7 Å². The van der Waals surface area contributed by atoms with E-state index in [1.165, 1.54) is 12.1 Å².